The van der Waals surface area contributed by atoms with Crippen LogP contribution in [0.5, 0.6) is 0 Å². The summed E-state index contributed by atoms with van der Waals surface area (Å²) in [5.41, 5.74) is 0. The van der Waals surface area contributed by atoms with Gasteiger partial charge in [0, 0.05) is 18.3 Å². The second-order valence-electron chi connectivity index (χ2n) is 5.81. The number of carbonyl (C=O) groups is 1. The van der Waals surface area contributed by atoms with Crippen LogP contribution in [-0.2, 0) is 9.22 Å². The average molecular weight is 333 g/mol. The lowest BCUT2D eigenvalue weighted by atomic mass is 10.2. The molecule has 21 heavy (non-hydrogen) atoms. The van der Waals surface area contributed by atoms with Gasteiger partial charge in [-0.3, -0.25) is 4.79 Å². The topological polar surface area (TPSA) is 26.3 Å². The molecule has 1 atom stereocenters. The minimum Gasteiger partial charge on any atom is -0.417 e. The maximum absolute atomic E-state index is 11.8. The van der Waals surface area contributed by atoms with E-state index in [9.17, 15) is 4.79 Å². The Morgan fingerprint density at radius 2 is 1.71 bits per heavy atom. The highest BCUT2D eigenvalue weighted by atomic mass is 32.2. The van der Waals surface area contributed by atoms with Gasteiger partial charge in [-0.1, -0.05) is 65.1 Å². The smallest absolute Gasteiger partial charge is 0.188 e. The molecule has 0 N–H and O–H groups in total. The molecule has 0 aliphatic rings. The van der Waals surface area contributed by atoms with Gasteiger partial charge >= 0.3 is 0 Å². The van der Waals surface area contributed by atoms with Crippen molar-refractivity contribution in [1.29, 1.82) is 0 Å². The quantitative estimate of drug-likeness (QED) is 0.308. The van der Waals surface area contributed by atoms with Gasteiger partial charge in [-0.25, -0.2) is 0 Å². The first kappa shape index (κ1) is 21.2. The van der Waals surface area contributed by atoms with Gasteiger partial charge in [0.2, 0.25) is 0 Å². The molecular formula is C17H36O2SSi. The van der Waals surface area contributed by atoms with E-state index in [2.05, 4.69) is 27.7 Å². The second kappa shape index (κ2) is 15.1. The van der Waals surface area contributed by atoms with Crippen molar-refractivity contribution in [2.45, 2.75) is 97.3 Å². The Labute approximate surface area is 138 Å². The van der Waals surface area contributed by atoms with Crippen LogP contribution in [0.25, 0.3) is 0 Å². The van der Waals surface area contributed by atoms with Crippen molar-refractivity contribution in [3.05, 3.63) is 0 Å². The van der Waals surface area contributed by atoms with E-state index in [4.69, 9.17) is 4.43 Å². The minimum absolute atomic E-state index is 0.376. The first-order valence-corrected chi connectivity index (χ1v) is 12.1. The summed E-state index contributed by atoms with van der Waals surface area (Å²) in [5, 5.41) is 0.376. The van der Waals surface area contributed by atoms with Gasteiger partial charge in [0.05, 0.1) is 0 Å². The van der Waals surface area contributed by atoms with E-state index >= 15 is 0 Å². The fourth-order valence-electron chi connectivity index (χ4n) is 2.43. The van der Waals surface area contributed by atoms with Crippen LogP contribution in [0, 0.1) is 0 Å². The highest BCUT2D eigenvalue weighted by Gasteiger charge is 2.15. The van der Waals surface area contributed by atoms with Crippen LogP contribution < -0.4 is 0 Å². The molecule has 0 rings (SSSR count). The van der Waals surface area contributed by atoms with E-state index in [1.165, 1.54) is 49.5 Å². The summed E-state index contributed by atoms with van der Waals surface area (Å²) in [6.07, 6.45) is 9.27. The third-order valence-electron chi connectivity index (χ3n) is 3.84. The Bertz CT molecular complexity index is 245. The lowest BCUT2D eigenvalue weighted by molar-refractivity contribution is -0.111. The van der Waals surface area contributed by atoms with Gasteiger partial charge < -0.3 is 4.43 Å². The Hall–Kier alpha value is 0.197. The van der Waals surface area contributed by atoms with E-state index in [-0.39, 0.29) is 0 Å². The third kappa shape index (κ3) is 12.4. The highest BCUT2D eigenvalue weighted by molar-refractivity contribution is 8.13. The normalized spacial score (nSPS) is 12.8. The third-order valence-corrected chi connectivity index (χ3v) is 7.40. The summed E-state index contributed by atoms with van der Waals surface area (Å²) in [5.74, 6) is 0.936. The Kier molecular flexibility index (Phi) is 15.2. The Morgan fingerprint density at radius 3 is 2.29 bits per heavy atom. The van der Waals surface area contributed by atoms with Crippen molar-refractivity contribution < 1.29 is 9.22 Å². The fourth-order valence-corrected chi connectivity index (χ4v) is 5.10. The molecule has 0 aromatic carbocycles. The summed E-state index contributed by atoms with van der Waals surface area (Å²) in [6.45, 7) is 8.92. The molecule has 1 unspecified atom stereocenters. The molecule has 0 heterocycles. The molecule has 0 fully saturated rings. The number of hydrogen-bond acceptors (Lipinski definition) is 3. The number of rotatable bonds is 14. The number of carbonyl (C=O) groups excluding carboxylic acids is 1. The Morgan fingerprint density at radius 1 is 1.00 bits per heavy atom. The van der Waals surface area contributed by atoms with Crippen LogP contribution in [0.15, 0.2) is 0 Å². The SMILES string of the molecule is CCCCCCC(=O)SCCC(CCC)O[SiH](CC)CC. The van der Waals surface area contributed by atoms with Crippen molar-refractivity contribution in [2.24, 2.45) is 0 Å². The molecule has 4 heteroatoms. The largest absolute Gasteiger partial charge is 0.417 e. The summed E-state index contributed by atoms with van der Waals surface area (Å²) in [6, 6.07) is 2.44. The van der Waals surface area contributed by atoms with Crippen LogP contribution >= 0.6 is 11.8 Å². The maximum atomic E-state index is 11.8. The molecule has 2 nitrogen and oxygen atoms in total. The van der Waals surface area contributed by atoms with Crippen molar-refractivity contribution >= 4 is 25.9 Å². The van der Waals surface area contributed by atoms with Crippen molar-refractivity contribution in [1.82, 2.24) is 0 Å². The molecule has 0 amide bonds. The molecule has 0 saturated heterocycles. The lowest BCUT2D eigenvalue weighted by Gasteiger charge is -2.22. The predicted molar refractivity (Wildman–Crippen MR) is 98.7 cm³/mol. The fraction of sp³-hybridized carbons (Fsp3) is 0.941. The average Bonchev–Trinajstić information content (AvgIpc) is 2.49. The van der Waals surface area contributed by atoms with Gasteiger partial charge in [0.1, 0.15) is 0 Å². The first-order chi connectivity index (χ1) is 10.2. The van der Waals surface area contributed by atoms with Crippen LogP contribution in [0.2, 0.25) is 12.1 Å². The molecule has 0 aliphatic carbocycles. The first-order valence-electron chi connectivity index (χ1n) is 8.98. The van der Waals surface area contributed by atoms with Crippen LogP contribution in [0.3, 0.4) is 0 Å². The molecule has 0 aromatic rings. The number of unbranched alkanes of at least 4 members (excludes halogenated alkanes) is 3. The van der Waals surface area contributed by atoms with Gasteiger partial charge in [0.25, 0.3) is 0 Å². The van der Waals surface area contributed by atoms with Gasteiger partial charge in [-0.15, -0.1) is 0 Å². The summed E-state index contributed by atoms with van der Waals surface area (Å²) >= 11 is 1.53. The zero-order valence-corrected chi connectivity index (χ0v) is 16.6. The van der Waals surface area contributed by atoms with E-state index in [0.29, 0.717) is 11.2 Å². The maximum Gasteiger partial charge on any atom is 0.188 e. The molecule has 126 valence electrons. The molecule has 0 bridgehead atoms. The zero-order valence-electron chi connectivity index (χ0n) is 14.7. The van der Waals surface area contributed by atoms with E-state index in [0.717, 1.165) is 31.4 Å². The minimum atomic E-state index is -0.970. The highest BCUT2D eigenvalue weighted by Crippen LogP contribution is 2.17. The summed E-state index contributed by atoms with van der Waals surface area (Å²) < 4.78 is 6.30. The molecule has 0 radical (unpaired) electrons. The van der Waals surface area contributed by atoms with E-state index < -0.39 is 9.04 Å². The van der Waals surface area contributed by atoms with Crippen molar-refractivity contribution in [3.63, 3.8) is 0 Å². The number of thioether (sulfide) groups is 1. The van der Waals surface area contributed by atoms with Gasteiger partial charge in [0.15, 0.2) is 14.2 Å². The zero-order chi connectivity index (χ0) is 15.9. The van der Waals surface area contributed by atoms with E-state index in [1.807, 2.05) is 0 Å². The summed E-state index contributed by atoms with van der Waals surface area (Å²) in [4.78, 5) is 11.8. The second-order valence-corrected chi connectivity index (χ2v) is 10.1. The van der Waals surface area contributed by atoms with Crippen molar-refractivity contribution in [2.75, 3.05) is 5.75 Å². The summed E-state index contributed by atoms with van der Waals surface area (Å²) in [7, 11) is -0.970. The van der Waals surface area contributed by atoms with Crippen LogP contribution in [-0.4, -0.2) is 26.0 Å². The van der Waals surface area contributed by atoms with Crippen LogP contribution in [0.4, 0.5) is 0 Å². The Balaban J connectivity index is 3.83. The molecule has 0 spiro atoms. The molecule has 0 saturated carbocycles. The number of hydrogen-bond donors (Lipinski definition) is 0. The monoisotopic (exact) mass is 332 g/mol. The molecule has 0 aliphatic heterocycles. The standard InChI is InChI=1S/C17H36O2SSi/c1-5-9-10-11-13-17(18)20-15-14-16(12-6-2)19-21(7-3)8-4/h16,21H,5-15H2,1-4H3. The van der Waals surface area contributed by atoms with E-state index in [1.54, 1.807) is 0 Å². The predicted octanol–water partition coefficient (Wildman–Crippen LogP) is 5.56. The molecule has 0 aromatic heterocycles. The lowest BCUT2D eigenvalue weighted by Crippen LogP contribution is -2.25. The van der Waals surface area contributed by atoms with Gasteiger partial charge in [-0.2, -0.15) is 0 Å². The van der Waals surface area contributed by atoms with Gasteiger partial charge in [-0.05, 0) is 31.4 Å². The van der Waals surface area contributed by atoms with Crippen molar-refractivity contribution in [3.8, 4) is 0 Å². The molecular weight excluding hydrogens is 296 g/mol. The van der Waals surface area contributed by atoms with Crippen LogP contribution in [0.1, 0.15) is 79.1 Å².